The third-order valence-corrected chi connectivity index (χ3v) is 3.51. The molecule has 1 rings (SSSR count). The monoisotopic (exact) mass is 253 g/mol. The average Bonchev–Trinajstić information content (AvgIpc) is 1.99. The zero-order valence-corrected chi connectivity index (χ0v) is 8.76. The lowest BCUT2D eigenvalue weighted by molar-refractivity contribution is -0.458. The highest BCUT2D eigenvalue weighted by Gasteiger charge is 2.24. The van der Waals surface area contributed by atoms with E-state index in [0.29, 0.717) is 0 Å². The summed E-state index contributed by atoms with van der Waals surface area (Å²) < 4.78 is 35.2. The van der Waals surface area contributed by atoms with E-state index in [1.807, 2.05) is 0 Å². The summed E-state index contributed by atoms with van der Waals surface area (Å²) in [4.78, 5) is 8.64. The van der Waals surface area contributed by atoms with E-state index in [2.05, 4.69) is 0 Å². The average molecular weight is 254 g/mol. The van der Waals surface area contributed by atoms with Crippen molar-refractivity contribution < 1.29 is 17.7 Å². The third-order valence-electron chi connectivity index (χ3n) is 1.50. The van der Waals surface area contributed by atoms with Crippen molar-refractivity contribution in [2.75, 3.05) is 5.88 Å². The van der Waals surface area contributed by atoms with E-state index in [4.69, 9.17) is 11.6 Å². The SMILES string of the molecule is O=[N+]([O-])CS(=O)(=O)c1ccc(F)cc1Cl. The Labute approximate surface area is 89.5 Å². The van der Waals surface area contributed by atoms with Crippen molar-refractivity contribution >= 4 is 21.4 Å². The van der Waals surface area contributed by atoms with Crippen molar-refractivity contribution in [2.45, 2.75) is 4.90 Å². The summed E-state index contributed by atoms with van der Waals surface area (Å²) >= 11 is 5.46. The molecule has 0 aliphatic rings. The molecule has 0 radical (unpaired) electrons. The van der Waals surface area contributed by atoms with Gasteiger partial charge in [-0.2, -0.15) is 0 Å². The molecule has 0 saturated carbocycles. The van der Waals surface area contributed by atoms with Crippen LogP contribution in [0.3, 0.4) is 0 Å². The van der Waals surface area contributed by atoms with Gasteiger partial charge in [0.05, 0.1) is 9.92 Å². The number of nitro groups is 1. The van der Waals surface area contributed by atoms with Crippen molar-refractivity contribution in [3.05, 3.63) is 39.2 Å². The van der Waals surface area contributed by atoms with Crippen LogP contribution in [0.2, 0.25) is 5.02 Å². The number of hydrogen-bond acceptors (Lipinski definition) is 4. The Kier molecular flexibility index (Phi) is 3.25. The van der Waals surface area contributed by atoms with E-state index in [1.54, 1.807) is 0 Å². The predicted octanol–water partition coefficient (Wildman–Crippen LogP) is 1.49. The Morgan fingerprint density at radius 2 is 2.07 bits per heavy atom. The first-order valence-corrected chi connectivity index (χ1v) is 5.65. The molecule has 0 amide bonds. The minimum absolute atomic E-state index is 0.364. The predicted molar refractivity (Wildman–Crippen MR) is 50.5 cm³/mol. The van der Waals surface area contributed by atoms with E-state index in [-0.39, 0.29) is 5.02 Å². The Hall–Kier alpha value is -1.21. The summed E-state index contributed by atoms with van der Waals surface area (Å²) in [6.45, 7) is 0. The highest BCUT2D eigenvalue weighted by Crippen LogP contribution is 2.23. The highest BCUT2D eigenvalue weighted by atomic mass is 35.5. The van der Waals surface area contributed by atoms with Gasteiger partial charge < -0.3 is 0 Å². The maximum Gasteiger partial charge on any atom is 0.305 e. The molecule has 0 spiro atoms. The van der Waals surface area contributed by atoms with Gasteiger partial charge in [0, 0.05) is 4.92 Å². The molecule has 0 fully saturated rings. The van der Waals surface area contributed by atoms with Gasteiger partial charge >= 0.3 is 5.88 Å². The second-order valence-electron chi connectivity index (χ2n) is 2.65. The summed E-state index contributed by atoms with van der Waals surface area (Å²) in [6.07, 6.45) is 0. The van der Waals surface area contributed by atoms with Gasteiger partial charge in [0.1, 0.15) is 5.82 Å². The summed E-state index contributed by atoms with van der Waals surface area (Å²) in [5.41, 5.74) is 0. The lowest BCUT2D eigenvalue weighted by Crippen LogP contribution is -2.14. The maximum absolute atomic E-state index is 12.6. The number of hydrogen-bond donors (Lipinski definition) is 0. The zero-order chi connectivity index (χ0) is 11.6. The summed E-state index contributed by atoms with van der Waals surface area (Å²) in [7, 11) is -4.10. The van der Waals surface area contributed by atoms with Crippen molar-refractivity contribution in [3.8, 4) is 0 Å². The Morgan fingerprint density at radius 1 is 1.47 bits per heavy atom. The van der Waals surface area contributed by atoms with Crippen LogP contribution in [0.5, 0.6) is 0 Å². The standard InChI is InChI=1S/C7H5ClFNO4S/c8-6-3-5(9)1-2-7(6)15(13,14)4-10(11)12/h1-3H,4H2. The Morgan fingerprint density at radius 3 is 2.53 bits per heavy atom. The second-order valence-corrected chi connectivity index (χ2v) is 4.99. The number of halogens is 2. The summed E-state index contributed by atoms with van der Waals surface area (Å²) in [6, 6.07) is 2.56. The topological polar surface area (TPSA) is 77.3 Å². The molecule has 0 heterocycles. The van der Waals surface area contributed by atoms with E-state index in [1.165, 1.54) is 0 Å². The van der Waals surface area contributed by atoms with E-state index < -0.39 is 31.4 Å². The van der Waals surface area contributed by atoms with Crippen molar-refractivity contribution in [3.63, 3.8) is 0 Å². The fourth-order valence-corrected chi connectivity index (χ4v) is 2.50. The summed E-state index contributed by atoms with van der Waals surface area (Å²) in [5, 5.41) is 9.71. The molecular weight excluding hydrogens is 249 g/mol. The smallest absolute Gasteiger partial charge is 0.263 e. The zero-order valence-electron chi connectivity index (χ0n) is 7.18. The molecule has 15 heavy (non-hydrogen) atoms. The van der Waals surface area contributed by atoms with Gasteiger partial charge in [0.25, 0.3) is 0 Å². The molecule has 0 N–H and O–H groups in total. The number of benzene rings is 1. The molecule has 1 aromatic rings. The van der Waals surface area contributed by atoms with Crippen LogP contribution >= 0.6 is 11.6 Å². The number of rotatable bonds is 3. The lowest BCUT2D eigenvalue weighted by atomic mass is 10.3. The third kappa shape index (κ3) is 2.87. The molecule has 82 valence electrons. The van der Waals surface area contributed by atoms with Gasteiger partial charge in [-0.1, -0.05) is 11.6 Å². The molecule has 0 unspecified atom stereocenters. The number of sulfone groups is 1. The van der Waals surface area contributed by atoms with Gasteiger partial charge in [-0.05, 0) is 18.2 Å². The van der Waals surface area contributed by atoms with Crippen molar-refractivity contribution in [1.82, 2.24) is 0 Å². The normalized spacial score (nSPS) is 11.3. The van der Waals surface area contributed by atoms with Gasteiger partial charge in [0.2, 0.25) is 9.84 Å². The van der Waals surface area contributed by atoms with Gasteiger partial charge in [-0.15, -0.1) is 0 Å². The largest absolute Gasteiger partial charge is 0.305 e. The van der Waals surface area contributed by atoms with Crippen LogP contribution in [0, 0.1) is 15.9 Å². The van der Waals surface area contributed by atoms with E-state index >= 15 is 0 Å². The van der Waals surface area contributed by atoms with Crippen molar-refractivity contribution in [2.24, 2.45) is 0 Å². The highest BCUT2D eigenvalue weighted by molar-refractivity contribution is 7.91. The maximum atomic E-state index is 12.6. The van der Waals surface area contributed by atoms with Crippen LogP contribution in [0.25, 0.3) is 0 Å². The molecule has 5 nitrogen and oxygen atoms in total. The van der Waals surface area contributed by atoms with Gasteiger partial charge in [0.15, 0.2) is 0 Å². The van der Waals surface area contributed by atoms with E-state index in [9.17, 15) is 22.9 Å². The molecule has 0 saturated heterocycles. The molecule has 8 heteroatoms. The second kappa shape index (κ2) is 4.11. The lowest BCUT2D eigenvalue weighted by Gasteiger charge is -2.02. The first kappa shape index (κ1) is 11.9. The van der Waals surface area contributed by atoms with Crippen LogP contribution < -0.4 is 0 Å². The first-order chi connectivity index (χ1) is 6.83. The van der Waals surface area contributed by atoms with Crippen LogP contribution in [0.15, 0.2) is 23.1 Å². The van der Waals surface area contributed by atoms with Crippen LogP contribution in [-0.2, 0) is 9.84 Å². The molecule has 0 aliphatic carbocycles. The van der Waals surface area contributed by atoms with Crippen LogP contribution in [0.4, 0.5) is 4.39 Å². The van der Waals surface area contributed by atoms with Gasteiger partial charge in [-0.25, -0.2) is 12.8 Å². The minimum atomic E-state index is -4.10. The fourth-order valence-electron chi connectivity index (χ4n) is 0.936. The molecule has 0 aromatic heterocycles. The minimum Gasteiger partial charge on any atom is -0.263 e. The molecular formula is C7H5ClFNO4S. The Bertz CT molecular complexity index is 502. The van der Waals surface area contributed by atoms with Crippen molar-refractivity contribution in [1.29, 1.82) is 0 Å². The fraction of sp³-hybridized carbons (Fsp3) is 0.143. The Balaban J connectivity index is 3.22. The van der Waals surface area contributed by atoms with Crippen LogP contribution in [0.1, 0.15) is 0 Å². The molecule has 1 aromatic carbocycles. The van der Waals surface area contributed by atoms with E-state index in [0.717, 1.165) is 18.2 Å². The first-order valence-electron chi connectivity index (χ1n) is 3.62. The van der Waals surface area contributed by atoms with Gasteiger partial charge in [-0.3, -0.25) is 10.1 Å². The molecule has 0 atom stereocenters. The molecule has 0 bridgehead atoms. The number of nitrogens with zero attached hydrogens (tertiary/aromatic N) is 1. The summed E-state index contributed by atoms with van der Waals surface area (Å²) in [5.74, 6) is -1.97. The van der Waals surface area contributed by atoms with Crippen LogP contribution in [-0.4, -0.2) is 19.2 Å². The molecule has 0 aliphatic heterocycles. The quantitative estimate of drug-likeness (QED) is 0.464.